The van der Waals surface area contributed by atoms with Gasteiger partial charge in [-0.3, -0.25) is 4.79 Å². The van der Waals surface area contributed by atoms with E-state index in [9.17, 15) is 9.18 Å². The van der Waals surface area contributed by atoms with Crippen LogP contribution in [-0.2, 0) is 0 Å². The van der Waals surface area contributed by atoms with Gasteiger partial charge in [0.15, 0.2) is 5.82 Å². The van der Waals surface area contributed by atoms with Crippen molar-refractivity contribution in [1.82, 2.24) is 4.98 Å². The largest absolute Gasteiger partial charge is 0.364 e. The van der Waals surface area contributed by atoms with Gasteiger partial charge in [0.05, 0.1) is 0 Å². The summed E-state index contributed by atoms with van der Waals surface area (Å²) in [5, 5.41) is 0.781. The van der Waals surface area contributed by atoms with Crippen molar-refractivity contribution in [2.75, 3.05) is 0 Å². The van der Waals surface area contributed by atoms with Crippen molar-refractivity contribution in [2.24, 2.45) is 0 Å². The number of nitrogens with one attached hydrogen (secondary N) is 1. The summed E-state index contributed by atoms with van der Waals surface area (Å²) in [5.41, 5.74) is -0.134. The molecule has 0 radical (unpaired) electrons. The highest BCUT2D eigenvalue weighted by Crippen LogP contribution is 2.28. The van der Waals surface area contributed by atoms with Gasteiger partial charge >= 0.3 is 0 Å². The third-order valence-electron chi connectivity index (χ3n) is 2.12. The van der Waals surface area contributed by atoms with E-state index >= 15 is 0 Å². The first-order valence-corrected chi connectivity index (χ1v) is 5.17. The smallest absolute Gasteiger partial charge is 0.224 e. The number of pyridine rings is 1. The van der Waals surface area contributed by atoms with E-state index in [4.69, 9.17) is 23.2 Å². The molecule has 1 N–H and O–H groups in total. The van der Waals surface area contributed by atoms with Crippen molar-refractivity contribution in [3.63, 3.8) is 0 Å². The van der Waals surface area contributed by atoms with E-state index < -0.39 is 11.2 Å². The van der Waals surface area contributed by atoms with Crippen LogP contribution in [0.1, 0.15) is 0 Å². The van der Waals surface area contributed by atoms with Crippen LogP contribution < -0.4 is 5.43 Å². The fraction of sp³-hybridized carbons (Fsp3) is 0. The molecule has 1 aromatic heterocycles. The van der Waals surface area contributed by atoms with Crippen LogP contribution in [0, 0.1) is 5.82 Å². The zero-order chi connectivity index (χ0) is 11.7. The number of halogens is 3. The molecule has 0 unspecified atom stereocenters. The van der Waals surface area contributed by atoms with Gasteiger partial charge in [-0.1, -0.05) is 23.2 Å². The van der Waals surface area contributed by atoms with Gasteiger partial charge in [0.25, 0.3) is 0 Å². The lowest BCUT2D eigenvalue weighted by atomic mass is 10.1. The molecule has 1 heterocycles. The highest BCUT2D eigenvalue weighted by Gasteiger charge is 2.10. The van der Waals surface area contributed by atoms with Gasteiger partial charge in [0.2, 0.25) is 5.43 Å². The number of rotatable bonds is 1. The van der Waals surface area contributed by atoms with E-state index in [2.05, 4.69) is 4.98 Å². The van der Waals surface area contributed by atoms with Crippen molar-refractivity contribution in [3.05, 3.63) is 56.7 Å². The Hall–Kier alpha value is -1.32. The highest BCUT2D eigenvalue weighted by atomic mass is 35.5. The second-order valence-corrected chi connectivity index (χ2v) is 4.01. The minimum Gasteiger partial charge on any atom is -0.364 e. The third kappa shape index (κ3) is 1.96. The summed E-state index contributed by atoms with van der Waals surface area (Å²) in [7, 11) is 0. The number of hydrogen-bond donors (Lipinski definition) is 1. The van der Waals surface area contributed by atoms with E-state index in [-0.39, 0.29) is 5.56 Å². The molecule has 0 saturated carbocycles. The van der Waals surface area contributed by atoms with Crippen LogP contribution >= 0.6 is 23.2 Å². The van der Waals surface area contributed by atoms with E-state index in [1.807, 2.05) is 0 Å². The van der Waals surface area contributed by atoms with E-state index in [1.165, 1.54) is 12.3 Å². The molecule has 82 valence electrons. The Morgan fingerprint density at radius 1 is 1.12 bits per heavy atom. The van der Waals surface area contributed by atoms with Crippen LogP contribution in [-0.4, -0.2) is 4.98 Å². The highest BCUT2D eigenvalue weighted by molar-refractivity contribution is 6.35. The fourth-order valence-electron chi connectivity index (χ4n) is 1.36. The first-order valence-electron chi connectivity index (χ1n) is 4.41. The maximum absolute atomic E-state index is 13.1. The van der Waals surface area contributed by atoms with Crippen molar-refractivity contribution >= 4 is 23.2 Å². The molecule has 5 heteroatoms. The lowest BCUT2D eigenvalue weighted by Crippen LogP contribution is -2.09. The summed E-state index contributed by atoms with van der Waals surface area (Å²) in [6.45, 7) is 0. The molecule has 16 heavy (non-hydrogen) atoms. The molecular weight excluding hydrogens is 252 g/mol. The van der Waals surface area contributed by atoms with E-state index in [0.29, 0.717) is 15.6 Å². The first-order chi connectivity index (χ1) is 7.59. The molecule has 2 aromatic rings. The Balaban J connectivity index is 2.72. The molecule has 2 nitrogen and oxygen atoms in total. The predicted octanol–water partition coefficient (Wildman–Crippen LogP) is 3.49. The monoisotopic (exact) mass is 257 g/mol. The summed E-state index contributed by atoms with van der Waals surface area (Å²) >= 11 is 11.7. The minimum atomic E-state index is -0.853. The number of benzene rings is 1. The molecule has 1 aromatic carbocycles. The maximum Gasteiger partial charge on any atom is 0.224 e. The molecule has 2 rings (SSSR count). The van der Waals surface area contributed by atoms with E-state index in [1.54, 1.807) is 12.1 Å². The van der Waals surface area contributed by atoms with Crippen LogP contribution in [0.3, 0.4) is 0 Å². The zero-order valence-electron chi connectivity index (χ0n) is 7.93. The molecule has 0 fully saturated rings. The molecule has 0 aliphatic carbocycles. The summed E-state index contributed by atoms with van der Waals surface area (Å²) in [4.78, 5) is 14.1. The lowest BCUT2D eigenvalue weighted by molar-refractivity contribution is 0.612. The summed E-state index contributed by atoms with van der Waals surface area (Å²) in [5.74, 6) is -0.853. The van der Waals surface area contributed by atoms with Gasteiger partial charge in [0.1, 0.15) is 0 Å². The van der Waals surface area contributed by atoms with E-state index in [0.717, 1.165) is 6.20 Å². The molecule has 0 atom stereocenters. The molecule has 0 bridgehead atoms. The minimum absolute atomic E-state index is 0.160. The SMILES string of the molecule is O=c1c(F)c[nH]cc1-c1cc(Cl)ccc1Cl. The number of hydrogen-bond acceptors (Lipinski definition) is 1. The predicted molar refractivity (Wildman–Crippen MR) is 62.5 cm³/mol. The first kappa shape index (κ1) is 11.2. The quantitative estimate of drug-likeness (QED) is 0.834. The van der Waals surface area contributed by atoms with Gasteiger partial charge in [-0.25, -0.2) is 4.39 Å². The standard InChI is InChI=1S/C11H6Cl2FNO/c12-6-1-2-9(13)7(3-6)8-4-15-5-10(14)11(8)16/h1-5H,(H,15,16). The topological polar surface area (TPSA) is 32.9 Å². The van der Waals surface area contributed by atoms with Crippen molar-refractivity contribution in [3.8, 4) is 11.1 Å². The van der Waals surface area contributed by atoms with Crippen molar-refractivity contribution in [2.45, 2.75) is 0 Å². The normalized spacial score (nSPS) is 10.4. The van der Waals surface area contributed by atoms with Crippen molar-refractivity contribution < 1.29 is 4.39 Å². The third-order valence-corrected chi connectivity index (χ3v) is 2.68. The Morgan fingerprint density at radius 3 is 2.62 bits per heavy atom. The fourth-order valence-corrected chi connectivity index (χ4v) is 1.75. The van der Waals surface area contributed by atoms with Gasteiger partial charge in [-0.05, 0) is 18.2 Å². The molecule has 0 saturated heterocycles. The van der Waals surface area contributed by atoms with Crippen LogP contribution in [0.15, 0.2) is 35.4 Å². The second kappa shape index (κ2) is 4.28. The van der Waals surface area contributed by atoms with Gasteiger partial charge in [-0.2, -0.15) is 0 Å². The Kier molecular flexibility index (Phi) is 2.99. The Labute approximate surface area is 101 Å². The molecular formula is C11H6Cl2FNO. The average Bonchev–Trinajstić information content (AvgIpc) is 2.26. The number of aromatic amines is 1. The van der Waals surface area contributed by atoms with Crippen molar-refractivity contribution in [1.29, 1.82) is 0 Å². The number of H-pyrrole nitrogens is 1. The second-order valence-electron chi connectivity index (χ2n) is 3.17. The molecule has 0 spiro atoms. The Bertz CT molecular complexity index is 595. The van der Waals surface area contributed by atoms with Crippen LogP contribution in [0.4, 0.5) is 4.39 Å². The molecule has 0 aliphatic rings. The summed E-state index contributed by atoms with van der Waals surface area (Å²) in [6, 6.07) is 4.68. The van der Waals surface area contributed by atoms with Crippen LogP contribution in [0.25, 0.3) is 11.1 Å². The zero-order valence-corrected chi connectivity index (χ0v) is 9.44. The molecule has 0 aliphatic heterocycles. The summed E-state index contributed by atoms with van der Waals surface area (Å²) < 4.78 is 13.1. The summed E-state index contributed by atoms with van der Waals surface area (Å²) in [6.07, 6.45) is 2.38. The van der Waals surface area contributed by atoms with Crippen LogP contribution in [0.5, 0.6) is 0 Å². The maximum atomic E-state index is 13.1. The van der Waals surface area contributed by atoms with Crippen LogP contribution in [0.2, 0.25) is 10.0 Å². The van der Waals surface area contributed by atoms with Gasteiger partial charge in [-0.15, -0.1) is 0 Å². The average molecular weight is 258 g/mol. The molecule has 0 amide bonds. The van der Waals surface area contributed by atoms with Gasteiger partial charge < -0.3 is 4.98 Å². The lowest BCUT2D eigenvalue weighted by Gasteiger charge is -2.04. The number of aromatic nitrogens is 1. The van der Waals surface area contributed by atoms with Gasteiger partial charge in [0, 0.05) is 33.6 Å². The Morgan fingerprint density at radius 2 is 1.88 bits per heavy atom.